The van der Waals surface area contributed by atoms with Crippen LogP contribution in [0.4, 0.5) is 5.69 Å². The van der Waals surface area contributed by atoms with Crippen molar-refractivity contribution in [1.82, 2.24) is 5.32 Å². The fourth-order valence-corrected chi connectivity index (χ4v) is 3.10. The van der Waals surface area contributed by atoms with Gasteiger partial charge in [-0.15, -0.1) is 0 Å². The summed E-state index contributed by atoms with van der Waals surface area (Å²) in [6, 6.07) is 7.88. The lowest BCUT2D eigenvalue weighted by Gasteiger charge is -2.29. The third-order valence-electron chi connectivity index (χ3n) is 4.52. The highest BCUT2D eigenvalue weighted by atomic mass is 16.3. The first-order valence-electron chi connectivity index (χ1n) is 8.32. The number of aliphatic hydroxyl groups excluding tert-OH is 1. The lowest BCUT2D eigenvalue weighted by Crippen LogP contribution is -2.39. The second-order valence-electron chi connectivity index (χ2n) is 6.19. The third kappa shape index (κ3) is 3.87. The number of nitrogens with two attached hydrogens (primary N) is 1. The number of rotatable bonds is 4. The molecule has 1 aliphatic carbocycles. The minimum atomic E-state index is -0.607. The van der Waals surface area contributed by atoms with Crippen LogP contribution in [0.3, 0.4) is 0 Å². The molecule has 25 heavy (non-hydrogen) atoms. The average molecular weight is 338 g/mol. The highest BCUT2D eigenvalue weighted by Crippen LogP contribution is 2.27. The zero-order valence-electron chi connectivity index (χ0n) is 13.8. The van der Waals surface area contributed by atoms with E-state index < -0.39 is 12.1 Å². The number of benzene rings is 1. The van der Waals surface area contributed by atoms with Crippen molar-refractivity contribution in [2.24, 2.45) is 5.73 Å². The van der Waals surface area contributed by atoms with Gasteiger partial charge in [0.05, 0.1) is 11.3 Å². The van der Waals surface area contributed by atoms with Crippen molar-refractivity contribution in [1.29, 1.82) is 5.41 Å². The molecule has 2 aliphatic rings. The van der Waals surface area contributed by atoms with Crippen LogP contribution in [0.1, 0.15) is 24.3 Å². The summed E-state index contributed by atoms with van der Waals surface area (Å²) in [7, 11) is 0. The lowest BCUT2D eigenvalue weighted by molar-refractivity contribution is -0.114. The van der Waals surface area contributed by atoms with Crippen molar-refractivity contribution in [2.75, 3.05) is 11.9 Å². The third-order valence-corrected chi connectivity index (χ3v) is 4.52. The molecule has 6 nitrogen and oxygen atoms in total. The number of carbonyl (C=O) groups is 1. The first kappa shape index (κ1) is 17.1. The molecule has 1 fully saturated rings. The molecular weight excluding hydrogens is 316 g/mol. The summed E-state index contributed by atoms with van der Waals surface area (Å²) in [5.41, 5.74) is 8.13. The molecule has 1 unspecified atom stereocenters. The van der Waals surface area contributed by atoms with E-state index in [1.807, 2.05) is 24.3 Å². The van der Waals surface area contributed by atoms with Crippen LogP contribution < -0.4 is 16.4 Å². The van der Waals surface area contributed by atoms with E-state index in [1.54, 1.807) is 24.4 Å². The molecule has 0 aromatic heterocycles. The standard InChI is InChI=1S/C19H22N4O2/c20-17-13(3-1-4-16(17)18(21)24)11-23-14-8-6-12(7-9-14)15-5-2-10-22-19(15)25/h1,3-4,6-9,11,15,19-20,22-23,25H,2,5,10H2,(H2,21,24)/b13-11-,20-17?/t15-,19?/m0/s1. The van der Waals surface area contributed by atoms with Crippen molar-refractivity contribution in [3.05, 3.63) is 65.4 Å². The largest absolute Gasteiger partial charge is 0.378 e. The summed E-state index contributed by atoms with van der Waals surface area (Å²) in [4.78, 5) is 11.3. The summed E-state index contributed by atoms with van der Waals surface area (Å²) in [6.45, 7) is 0.853. The number of piperidine rings is 1. The number of aliphatic hydroxyl groups is 1. The number of primary amides is 1. The Bertz CT molecular complexity index is 762. The molecule has 0 radical (unpaired) electrons. The molecule has 1 amide bonds. The van der Waals surface area contributed by atoms with Crippen molar-refractivity contribution < 1.29 is 9.90 Å². The first-order valence-corrected chi connectivity index (χ1v) is 8.32. The zero-order valence-corrected chi connectivity index (χ0v) is 13.8. The van der Waals surface area contributed by atoms with Crippen LogP contribution in [0, 0.1) is 5.41 Å². The Labute approximate surface area is 146 Å². The van der Waals surface area contributed by atoms with Crippen LogP contribution in [0.25, 0.3) is 0 Å². The van der Waals surface area contributed by atoms with E-state index >= 15 is 0 Å². The van der Waals surface area contributed by atoms with Crippen molar-refractivity contribution >= 4 is 17.3 Å². The number of anilines is 1. The highest BCUT2D eigenvalue weighted by molar-refractivity contribution is 6.28. The summed E-state index contributed by atoms with van der Waals surface area (Å²) in [6.07, 6.45) is 8.20. The number of hydrogen-bond donors (Lipinski definition) is 5. The predicted octanol–water partition coefficient (Wildman–Crippen LogP) is 1.77. The molecule has 130 valence electrons. The van der Waals surface area contributed by atoms with Gasteiger partial charge in [-0.2, -0.15) is 0 Å². The van der Waals surface area contributed by atoms with E-state index in [4.69, 9.17) is 11.1 Å². The maximum absolute atomic E-state index is 11.3. The molecule has 6 heteroatoms. The Morgan fingerprint density at radius 3 is 2.80 bits per heavy atom. The maximum Gasteiger partial charge on any atom is 0.250 e. The zero-order chi connectivity index (χ0) is 17.8. The number of hydrogen-bond acceptors (Lipinski definition) is 5. The van der Waals surface area contributed by atoms with Gasteiger partial charge in [0.2, 0.25) is 0 Å². The SMILES string of the molecule is N=C1C(C(N)=O)=CC=C/C1=C/Nc1ccc([C@@H]2CCCNC2O)cc1. The molecule has 0 bridgehead atoms. The Morgan fingerprint density at radius 2 is 2.12 bits per heavy atom. The van der Waals surface area contributed by atoms with Crippen LogP contribution in [0.5, 0.6) is 0 Å². The van der Waals surface area contributed by atoms with Crippen LogP contribution >= 0.6 is 0 Å². The minimum Gasteiger partial charge on any atom is -0.378 e. The number of amides is 1. The molecule has 0 saturated carbocycles. The fourth-order valence-electron chi connectivity index (χ4n) is 3.10. The van der Waals surface area contributed by atoms with Gasteiger partial charge in [-0.05, 0) is 43.2 Å². The second-order valence-corrected chi connectivity index (χ2v) is 6.19. The topological polar surface area (TPSA) is 111 Å². The van der Waals surface area contributed by atoms with Crippen molar-refractivity contribution in [3.63, 3.8) is 0 Å². The molecule has 0 spiro atoms. The van der Waals surface area contributed by atoms with E-state index in [1.165, 1.54) is 0 Å². The van der Waals surface area contributed by atoms with Crippen molar-refractivity contribution in [2.45, 2.75) is 25.0 Å². The fraction of sp³-hybridized carbons (Fsp3) is 0.263. The Balaban J connectivity index is 1.68. The summed E-state index contributed by atoms with van der Waals surface area (Å²) in [5, 5.41) is 24.3. The van der Waals surface area contributed by atoms with Crippen LogP contribution in [0.15, 0.2) is 59.8 Å². The lowest BCUT2D eigenvalue weighted by atomic mass is 9.90. The van der Waals surface area contributed by atoms with Gasteiger partial charge in [0.25, 0.3) is 5.91 Å². The smallest absolute Gasteiger partial charge is 0.250 e. The van der Waals surface area contributed by atoms with Gasteiger partial charge in [-0.1, -0.05) is 24.3 Å². The maximum atomic E-state index is 11.3. The minimum absolute atomic E-state index is 0.107. The van der Waals surface area contributed by atoms with E-state index in [0.29, 0.717) is 5.57 Å². The van der Waals surface area contributed by atoms with Gasteiger partial charge in [-0.3, -0.25) is 15.5 Å². The molecule has 1 aromatic rings. The van der Waals surface area contributed by atoms with Gasteiger partial charge in [0, 0.05) is 23.4 Å². The quantitative estimate of drug-likeness (QED) is 0.576. The predicted molar refractivity (Wildman–Crippen MR) is 98.3 cm³/mol. The molecule has 2 atom stereocenters. The monoisotopic (exact) mass is 338 g/mol. The van der Waals surface area contributed by atoms with Gasteiger partial charge in [0.15, 0.2) is 0 Å². The van der Waals surface area contributed by atoms with Gasteiger partial charge >= 0.3 is 0 Å². The summed E-state index contributed by atoms with van der Waals surface area (Å²) >= 11 is 0. The van der Waals surface area contributed by atoms with E-state index in [9.17, 15) is 9.90 Å². The summed E-state index contributed by atoms with van der Waals surface area (Å²) < 4.78 is 0. The molecular formula is C19H22N4O2. The Kier molecular flexibility index (Phi) is 5.11. The van der Waals surface area contributed by atoms with E-state index in [0.717, 1.165) is 30.6 Å². The molecule has 1 heterocycles. The molecule has 1 saturated heterocycles. The van der Waals surface area contributed by atoms with Gasteiger partial charge < -0.3 is 16.2 Å². The molecule has 1 aliphatic heterocycles. The normalized spacial score (nSPS) is 24.9. The van der Waals surface area contributed by atoms with Crippen LogP contribution in [-0.4, -0.2) is 29.5 Å². The molecule has 1 aromatic carbocycles. The average Bonchev–Trinajstić information content (AvgIpc) is 2.61. The molecule has 3 rings (SSSR count). The van der Waals surface area contributed by atoms with E-state index in [-0.39, 0.29) is 17.2 Å². The number of carbonyl (C=O) groups excluding carboxylic acids is 1. The summed E-state index contributed by atoms with van der Waals surface area (Å²) in [5.74, 6) is -0.497. The Hall–Kier alpha value is -2.70. The number of allylic oxidation sites excluding steroid dienone is 4. The Morgan fingerprint density at radius 1 is 1.36 bits per heavy atom. The molecule has 6 N–H and O–H groups in total. The van der Waals surface area contributed by atoms with Gasteiger partial charge in [-0.25, -0.2) is 0 Å². The van der Waals surface area contributed by atoms with Gasteiger partial charge in [0.1, 0.15) is 6.23 Å². The first-order chi connectivity index (χ1) is 12.1. The van der Waals surface area contributed by atoms with Crippen molar-refractivity contribution in [3.8, 4) is 0 Å². The highest BCUT2D eigenvalue weighted by Gasteiger charge is 2.23. The van der Waals surface area contributed by atoms with Crippen LogP contribution in [-0.2, 0) is 4.79 Å². The van der Waals surface area contributed by atoms with Crippen LogP contribution in [0.2, 0.25) is 0 Å². The number of nitrogens with one attached hydrogen (secondary N) is 3. The van der Waals surface area contributed by atoms with E-state index in [2.05, 4.69) is 10.6 Å². The second kappa shape index (κ2) is 7.46.